The predicted molar refractivity (Wildman–Crippen MR) is 120 cm³/mol. The molecule has 2 N–H and O–H groups in total. The molecule has 158 valence electrons. The summed E-state index contributed by atoms with van der Waals surface area (Å²) in [5.41, 5.74) is 9.94. The molecule has 0 radical (unpaired) electrons. The van der Waals surface area contributed by atoms with Gasteiger partial charge in [-0.1, -0.05) is 61.4 Å². The summed E-state index contributed by atoms with van der Waals surface area (Å²) in [5.74, 6) is 0.779. The van der Waals surface area contributed by atoms with Crippen LogP contribution in [0.4, 0.5) is 5.95 Å². The second-order valence-electron chi connectivity index (χ2n) is 7.92. The molecule has 2 aromatic heterocycles. The van der Waals surface area contributed by atoms with E-state index in [1.54, 1.807) is 4.40 Å². The van der Waals surface area contributed by atoms with Gasteiger partial charge in [0.2, 0.25) is 11.9 Å². The Morgan fingerprint density at radius 2 is 1.93 bits per heavy atom. The molecule has 3 aromatic rings. The molecule has 4 rings (SSSR count). The number of anilines is 1. The topological polar surface area (TPSA) is 89.4 Å². The molecular weight excluding hydrogens is 396 g/mol. The third-order valence-corrected chi connectivity index (χ3v) is 6.83. The fourth-order valence-electron chi connectivity index (χ4n) is 4.12. The molecule has 30 heavy (non-hydrogen) atoms. The predicted octanol–water partition coefficient (Wildman–Crippen LogP) is 3.49. The van der Waals surface area contributed by atoms with E-state index in [1.165, 1.54) is 36.6 Å². The number of hydrogen-bond acceptors (Lipinski definition) is 6. The van der Waals surface area contributed by atoms with Crippen LogP contribution < -0.4 is 5.73 Å². The van der Waals surface area contributed by atoms with Gasteiger partial charge in [0.1, 0.15) is 0 Å². The van der Waals surface area contributed by atoms with Gasteiger partial charge < -0.3 is 10.6 Å². The van der Waals surface area contributed by atoms with Crippen molar-refractivity contribution in [2.75, 3.05) is 18.5 Å². The maximum atomic E-state index is 12.7. The first-order valence-electron chi connectivity index (χ1n) is 10.5. The van der Waals surface area contributed by atoms with Crippen LogP contribution in [0.2, 0.25) is 0 Å². The van der Waals surface area contributed by atoms with Crippen molar-refractivity contribution in [1.82, 2.24) is 24.5 Å². The third-order valence-electron chi connectivity index (χ3n) is 5.92. The highest BCUT2D eigenvalue weighted by Crippen LogP contribution is 2.26. The van der Waals surface area contributed by atoms with E-state index in [1.807, 2.05) is 37.1 Å². The zero-order chi connectivity index (χ0) is 21.1. The summed E-state index contributed by atoms with van der Waals surface area (Å²) in [6.45, 7) is 1.94. The zero-order valence-electron chi connectivity index (χ0n) is 17.5. The molecule has 1 fully saturated rings. The number of aromatic nitrogens is 4. The lowest BCUT2D eigenvalue weighted by atomic mass is 9.94. The van der Waals surface area contributed by atoms with Crippen LogP contribution in [0.15, 0.2) is 35.5 Å². The van der Waals surface area contributed by atoms with Gasteiger partial charge in [-0.15, -0.1) is 10.2 Å². The second kappa shape index (κ2) is 9.04. The van der Waals surface area contributed by atoms with Gasteiger partial charge >= 0.3 is 0 Å². The average Bonchev–Trinajstić information content (AvgIpc) is 3.20. The van der Waals surface area contributed by atoms with Gasteiger partial charge in [0.05, 0.1) is 5.75 Å². The van der Waals surface area contributed by atoms with Crippen LogP contribution in [0, 0.1) is 6.92 Å². The van der Waals surface area contributed by atoms with Crippen LogP contribution in [0.1, 0.15) is 48.9 Å². The highest BCUT2D eigenvalue weighted by Gasteiger charge is 2.23. The quantitative estimate of drug-likeness (QED) is 0.609. The molecule has 0 aliphatic heterocycles. The summed E-state index contributed by atoms with van der Waals surface area (Å²) in [6, 6.07) is 10.6. The summed E-state index contributed by atoms with van der Waals surface area (Å²) >= 11 is 1.37. The van der Waals surface area contributed by atoms with Crippen molar-refractivity contribution < 1.29 is 4.79 Å². The molecule has 1 aliphatic carbocycles. The number of nitrogens with two attached hydrogens (primary N) is 1. The van der Waals surface area contributed by atoms with E-state index < -0.39 is 0 Å². The molecule has 0 saturated heterocycles. The number of aryl methyl sites for hydroxylation is 1. The van der Waals surface area contributed by atoms with Gasteiger partial charge in [0.15, 0.2) is 10.8 Å². The summed E-state index contributed by atoms with van der Waals surface area (Å²) in [5, 5.41) is 9.33. The molecule has 0 atom stereocenters. The Balaban J connectivity index is 1.53. The average molecular weight is 425 g/mol. The Labute approximate surface area is 181 Å². The van der Waals surface area contributed by atoms with E-state index in [4.69, 9.17) is 5.73 Å². The minimum absolute atomic E-state index is 0.117. The molecular formula is C22H28N6OS. The number of fused-ring (bicyclic) bond motifs is 1. The number of thioether (sulfide) groups is 1. The van der Waals surface area contributed by atoms with E-state index in [-0.39, 0.29) is 5.91 Å². The maximum absolute atomic E-state index is 12.7. The van der Waals surface area contributed by atoms with E-state index in [0.717, 1.165) is 24.1 Å². The highest BCUT2D eigenvalue weighted by molar-refractivity contribution is 7.99. The fourth-order valence-corrected chi connectivity index (χ4v) is 4.99. The Kier molecular flexibility index (Phi) is 6.22. The number of nitrogens with zero attached hydrogens (tertiary/aromatic N) is 5. The van der Waals surface area contributed by atoms with Gasteiger partial charge in [0, 0.05) is 30.8 Å². The van der Waals surface area contributed by atoms with Crippen LogP contribution in [0.3, 0.4) is 0 Å². The molecule has 0 spiro atoms. The number of benzene rings is 1. The van der Waals surface area contributed by atoms with Crippen molar-refractivity contribution in [2.45, 2.75) is 56.6 Å². The van der Waals surface area contributed by atoms with Gasteiger partial charge in [-0.2, -0.15) is 0 Å². The molecule has 1 saturated carbocycles. The summed E-state index contributed by atoms with van der Waals surface area (Å²) < 4.78 is 1.77. The molecule has 1 aliphatic rings. The number of carbonyl (C=O) groups excluding carboxylic acids is 1. The summed E-state index contributed by atoms with van der Waals surface area (Å²) in [6.07, 6.45) is 6.58. The third kappa shape index (κ3) is 4.28. The van der Waals surface area contributed by atoms with Crippen LogP contribution in [-0.4, -0.2) is 49.2 Å². The number of rotatable bonds is 6. The monoisotopic (exact) mass is 424 g/mol. The van der Waals surface area contributed by atoms with Crippen molar-refractivity contribution in [1.29, 1.82) is 0 Å². The SMILES string of the molecule is Cc1nc(N)n2c(SCC(=O)N(C)C3CCCCC3)nnc2c1Cc1ccccc1. The second-order valence-corrected chi connectivity index (χ2v) is 8.87. The van der Waals surface area contributed by atoms with E-state index in [2.05, 4.69) is 27.3 Å². The van der Waals surface area contributed by atoms with Crippen molar-refractivity contribution in [3.05, 3.63) is 47.2 Å². The summed E-state index contributed by atoms with van der Waals surface area (Å²) in [4.78, 5) is 19.1. The Morgan fingerprint density at radius 3 is 2.67 bits per heavy atom. The fraction of sp³-hybridized carbons (Fsp3) is 0.455. The molecule has 7 nitrogen and oxygen atoms in total. The van der Waals surface area contributed by atoms with Crippen molar-refractivity contribution >= 4 is 29.3 Å². The zero-order valence-corrected chi connectivity index (χ0v) is 18.4. The normalized spacial score (nSPS) is 14.9. The Hall–Kier alpha value is -2.61. The van der Waals surface area contributed by atoms with Crippen LogP contribution in [-0.2, 0) is 11.2 Å². The highest BCUT2D eigenvalue weighted by atomic mass is 32.2. The molecule has 8 heteroatoms. The lowest BCUT2D eigenvalue weighted by Gasteiger charge is -2.31. The first-order chi connectivity index (χ1) is 14.5. The molecule has 0 unspecified atom stereocenters. The lowest BCUT2D eigenvalue weighted by Crippen LogP contribution is -2.39. The smallest absolute Gasteiger partial charge is 0.233 e. The van der Waals surface area contributed by atoms with Crippen molar-refractivity contribution in [3.8, 4) is 0 Å². The van der Waals surface area contributed by atoms with Crippen molar-refractivity contribution in [2.24, 2.45) is 0 Å². The largest absolute Gasteiger partial charge is 0.369 e. The molecule has 2 heterocycles. The standard InChI is InChI=1S/C22H28N6OS/c1-15-18(13-16-9-5-3-6-10-16)20-25-26-22(28(20)21(23)24-15)30-14-19(29)27(2)17-11-7-4-8-12-17/h3,5-6,9-10,17H,4,7-8,11-14H2,1-2H3,(H2,23,24). The van der Waals surface area contributed by atoms with Crippen LogP contribution >= 0.6 is 11.8 Å². The number of amides is 1. The first-order valence-corrected chi connectivity index (χ1v) is 11.5. The van der Waals surface area contributed by atoms with Gasteiger partial charge in [-0.3, -0.25) is 4.79 Å². The molecule has 1 aromatic carbocycles. The Morgan fingerprint density at radius 1 is 1.20 bits per heavy atom. The van der Waals surface area contributed by atoms with E-state index in [9.17, 15) is 4.79 Å². The van der Waals surface area contributed by atoms with Crippen LogP contribution in [0.5, 0.6) is 0 Å². The minimum atomic E-state index is 0.117. The first kappa shape index (κ1) is 20.7. The Bertz CT molecular complexity index is 1030. The van der Waals surface area contributed by atoms with Gasteiger partial charge in [0.25, 0.3) is 0 Å². The number of carbonyl (C=O) groups is 1. The van der Waals surface area contributed by atoms with Crippen LogP contribution in [0.25, 0.3) is 5.65 Å². The maximum Gasteiger partial charge on any atom is 0.233 e. The molecule has 1 amide bonds. The minimum Gasteiger partial charge on any atom is -0.369 e. The van der Waals surface area contributed by atoms with Gasteiger partial charge in [-0.05, 0) is 25.3 Å². The van der Waals surface area contributed by atoms with Gasteiger partial charge in [-0.25, -0.2) is 9.38 Å². The lowest BCUT2D eigenvalue weighted by molar-refractivity contribution is -0.129. The van der Waals surface area contributed by atoms with E-state index in [0.29, 0.717) is 35.0 Å². The molecule has 0 bridgehead atoms. The number of nitrogen functional groups attached to an aromatic ring is 1. The van der Waals surface area contributed by atoms with Crippen molar-refractivity contribution in [3.63, 3.8) is 0 Å². The van der Waals surface area contributed by atoms with E-state index >= 15 is 0 Å². The number of hydrogen-bond donors (Lipinski definition) is 1. The summed E-state index contributed by atoms with van der Waals surface area (Å²) in [7, 11) is 1.91.